The van der Waals surface area contributed by atoms with Crippen LogP contribution in [0.1, 0.15) is 31.6 Å². The highest BCUT2D eigenvalue weighted by molar-refractivity contribution is 5.84. The fourth-order valence-electron chi connectivity index (χ4n) is 2.39. The van der Waals surface area contributed by atoms with Crippen LogP contribution in [0.2, 0.25) is 0 Å². The van der Waals surface area contributed by atoms with Crippen LogP contribution in [0.15, 0.2) is 24.3 Å². The predicted molar refractivity (Wildman–Crippen MR) is 74.9 cm³/mol. The minimum absolute atomic E-state index is 0.00478. The number of amides is 1. The van der Waals surface area contributed by atoms with Crippen molar-refractivity contribution in [3.63, 3.8) is 0 Å². The predicted octanol–water partition coefficient (Wildman–Crippen LogP) is 1.94. The summed E-state index contributed by atoms with van der Waals surface area (Å²) < 4.78 is 1.87. The Hall–Kier alpha value is -2.35. The van der Waals surface area contributed by atoms with Crippen LogP contribution >= 0.6 is 0 Å². The van der Waals surface area contributed by atoms with Gasteiger partial charge in [0.25, 0.3) is 0 Å². The Balaban J connectivity index is 2.00. The van der Waals surface area contributed by atoms with Crippen LogP contribution in [-0.4, -0.2) is 21.5 Å². The molecule has 0 aliphatic heterocycles. The van der Waals surface area contributed by atoms with Gasteiger partial charge in [0.05, 0.1) is 23.5 Å². The highest BCUT2D eigenvalue weighted by atomic mass is 16.2. The molecule has 5 heteroatoms. The summed E-state index contributed by atoms with van der Waals surface area (Å²) in [6.45, 7) is 1.85. The number of rotatable bonds is 4. The number of imidazole rings is 1. The summed E-state index contributed by atoms with van der Waals surface area (Å²) in [7, 11) is 0. The van der Waals surface area contributed by atoms with E-state index in [2.05, 4.69) is 16.4 Å². The number of carbonyl (C=O) groups excluding carboxylic acids is 1. The third-order valence-corrected chi connectivity index (χ3v) is 3.60. The molecule has 5 nitrogen and oxygen atoms in total. The lowest BCUT2D eigenvalue weighted by Gasteiger charge is -2.16. The largest absolute Gasteiger partial charge is 0.352 e. The zero-order valence-electron chi connectivity index (χ0n) is 11.3. The van der Waals surface area contributed by atoms with Crippen LogP contribution < -0.4 is 5.32 Å². The van der Waals surface area contributed by atoms with Crippen LogP contribution in [0, 0.1) is 11.3 Å². The van der Waals surface area contributed by atoms with Gasteiger partial charge in [0.15, 0.2) is 0 Å². The van der Waals surface area contributed by atoms with Crippen molar-refractivity contribution in [1.82, 2.24) is 14.9 Å². The molecule has 1 heterocycles. The Labute approximate surface area is 117 Å². The van der Waals surface area contributed by atoms with Gasteiger partial charge >= 0.3 is 0 Å². The second kappa shape index (κ2) is 4.97. The van der Waals surface area contributed by atoms with Crippen molar-refractivity contribution in [3.8, 4) is 6.07 Å². The molecule has 1 unspecified atom stereocenters. The number of para-hydroxylation sites is 2. The van der Waals surface area contributed by atoms with Gasteiger partial charge in [0, 0.05) is 6.04 Å². The molecule has 0 saturated heterocycles. The number of carbonyl (C=O) groups is 1. The molecule has 1 N–H and O–H groups in total. The van der Waals surface area contributed by atoms with Gasteiger partial charge < -0.3 is 9.88 Å². The molecule has 1 aromatic heterocycles. The summed E-state index contributed by atoms with van der Waals surface area (Å²) in [5.41, 5.74) is 1.72. The number of nitrogens with one attached hydrogen (secondary N) is 1. The zero-order valence-corrected chi connectivity index (χ0v) is 11.3. The Bertz CT molecular complexity index is 693. The molecule has 1 amide bonds. The monoisotopic (exact) mass is 268 g/mol. The lowest BCUT2D eigenvalue weighted by atomic mass is 10.2. The molecule has 3 rings (SSSR count). The van der Waals surface area contributed by atoms with Gasteiger partial charge in [-0.05, 0) is 31.9 Å². The highest BCUT2D eigenvalue weighted by Gasteiger charge is 2.27. The van der Waals surface area contributed by atoms with Crippen molar-refractivity contribution in [2.45, 2.75) is 38.3 Å². The second-order valence-corrected chi connectivity index (χ2v) is 5.18. The van der Waals surface area contributed by atoms with Gasteiger partial charge in [-0.1, -0.05) is 12.1 Å². The molecule has 0 radical (unpaired) electrons. The highest BCUT2D eigenvalue weighted by Crippen LogP contribution is 2.24. The van der Waals surface area contributed by atoms with Crippen molar-refractivity contribution >= 4 is 16.9 Å². The maximum atomic E-state index is 12.2. The van der Waals surface area contributed by atoms with Gasteiger partial charge in [0.2, 0.25) is 5.91 Å². The number of fused-ring (bicyclic) bond motifs is 1. The second-order valence-electron chi connectivity index (χ2n) is 5.18. The minimum atomic E-state index is -0.355. The lowest BCUT2D eigenvalue weighted by molar-refractivity contribution is -0.124. The number of nitrogens with zero attached hydrogens (tertiary/aromatic N) is 3. The van der Waals surface area contributed by atoms with Crippen molar-refractivity contribution in [2.24, 2.45) is 0 Å². The van der Waals surface area contributed by atoms with Crippen LogP contribution in [0.25, 0.3) is 11.0 Å². The van der Waals surface area contributed by atoms with E-state index in [0.29, 0.717) is 11.9 Å². The van der Waals surface area contributed by atoms with E-state index in [1.807, 2.05) is 35.8 Å². The van der Waals surface area contributed by atoms with E-state index in [1.54, 1.807) is 0 Å². The number of benzene rings is 1. The standard InChI is InChI=1S/C15H16N4O/c1-10(15(20)17-11-6-7-11)19-13-5-3-2-4-12(13)18-14(19)8-9-16/h2-5,10-11H,6-8H2,1H3,(H,17,20). The van der Waals surface area contributed by atoms with E-state index in [4.69, 9.17) is 5.26 Å². The zero-order chi connectivity index (χ0) is 14.1. The number of hydrogen-bond donors (Lipinski definition) is 1. The van der Waals surface area contributed by atoms with Crippen LogP contribution in [0.4, 0.5) is 0 Å². The molecular formula is C15H16N4O. The summed E-state index contributed by atoms with van der Waals surface area (Å²) >= 11 is 0. The smallest absolute Gasteiger partial charge is 0.243 e. The summed E-state index contributed by atoms with van der Waals surface area (Å²) in [5.74, 6) is 0.641. The van der Waals surface area contributed by atoms with Gasteiger partial charge in [-0.3, -0.25) is 4.79 Å². The first kappa shape index (κ1) is 12.7. The van der Waals surface area contributed by atoms with Gasteiger partial charge in [0.1, 0.15) is 11.9 Å². The molecule has 20 heavy (non-hydrogen) atoms. The van der Waals surface area contributed by atoms with Crippen molar-refractivity contribution in [1.29, 1.82) is 5.26 Å². The molecule has 0 bridgehead atoms. The molecule has 1 fully saturated rings. The van der Waals surface area contributed by atoms with Crippen LogP contribution in [-0.2, 0) is 11.2 Å². The number of aromatic nitrogens is 2. The third-order valence-electron chi connectivity index (χ3n) is 3.60. The molecule has 1 aliphatic carbocycles. The number of hydrogen-bond acceptors (Lipinski definition) is 3. The number of nitriles is 1. The SMILES string of the molecule is CC(C(=O)NC1CC1)n1c(CC#N)nc2ccccc21. The quantitative estimate of drug-likeness (QED) is 0.921. The van der Waals surface area contributed by atoms with Gasteiger partial charge in [-0.25, -0.2) is 4.98 Å². The van der Waals surface area contributed by atoms with E-state index < -0.39 is 0 Å². The van der Waals surface area contributed by atoms with E-state index in [0.717, 1.165) is 23.9 Å². The van der Waals surface area contributed by atoms with E-state index in [1.165, 1.54) is 0 Å². The maximum absolute atomic E-state index is 12.2. The summed E-state index contributed by atoms with van der Waals surface area (Å²) in [6.07, 6.45) is 2.33. The normalized spacial score (nSPS) is 15.8. The summed E-state index contributed by atoms with van der Waals surface area (Å²) in [6, 6.07) is 9.76. The van der Waals surface area contributed by atoms with Crippen molar-refractivity contribution in [3.05, 3.63) is 30.1 Å². The maximum Gasteiger partial charge on any atom is 0.243 e. The van der Waals surface area contributed by atoms with E-state index >= 15 is 0 Å². The van der Waals surface area contributed by atoms with Gasteiger partial charge in [-0.15, -0.1) is 0 Å². The van der Waals surface area contributed by atoms with Crippen LogP contribution in [0.5, 0.6) is 0 Å². The fourth-order valence-corrected chi connectivity index (χ4v) is 2.39. The first-order valence-corrected chi connectivity index (χ1v) is 6.84. The average molecular weight is 268 g/mol. The van der Waals surface area contributed by atoms with Crippen LogP contribution in [0.3, 0.4) is 0 Å². The van der Waals surface area contributed by atoms with E-state index in [9.17, 15) is 4.79 Å². The first-order chi connectivity index (χ1) is 9.70. The Morgan fingerprint density at radius 1 is 1.55 bits per heavy atom. The molecule has 1 saturated carbocycles. The van der Waals surface area contributed by atoms with Crippen molar-refractivity contribution < 1.29 is 4.79 Å². The molecule has 0 spiro atoms. The third kappa shape index (κ3) is 2.25. The minimum Gasteiger partial charge on any atom is -0.352 e. The Morgan fingerprint density at radius 3 is 3.00 bits per heavy atom. The van der Waals surface area contributed by atoms with Crippen molar-refractivity contribution in [2.75, 3.05) is 0 Å². The molecular weight excluding hydrogens is 252 g/mol. The first-order valence-electron chi connectivity index (χ1n) is 6.84. The topological polar surface area (TPSA) is 70.7 Å². The summed E-state index contributed by atoms with van der Waals surface area (Å²) in [4.78, 5) is 16.7. The summed E-state index contributed by atoms with van der Waals surface area (Å²) in [5, 5.41) is 11.9. The molecule has 2 aromatic rings. The molecule has 1 aliphatic rings. The average Bonchev–Trinajstić information content (AvgIpc) is 3.18. The fraction of sp³-hybridized carbons (Fsp3) is 0.400. The molecule has 102 valence electrons. The Kier molecular flexibility index (Phi) is 3.15. The lowest BCUT2D eigenvalue weighted by Crippen LogP contribution is -2.33. The van der Waals surface area contributed by atoms with Gasteiger partial charge in [-0.2, -0.15) is 5.26 Å². The molecule has 1 aromatic carbocycles. The Morgan fingerprint density at radius 2 is 2.30 bits per heavy atom. The van der Waals surface area contributed by atoms with E-state index in [-0.39, 0.29) is 18.4 Å². The molecule has 1 atom stereocenters.